The lowest BCUT2D eigenvalue weighted by Gasteiger charge is -2.23. The summed E-state index contributed by atoms with van der Waals surface area (Å²) in [5.74, 6) is -0.967. The largest absolute Gasteiger partial charge is 0.478 e. The third-order valence-electron chi connectivity index (χ3n) is 3.95. The van der Waals surface area contributed by atoms with Gasteiger partial charge in [-0.25, -0.2) is 4.79 Å². The van der Waals surface area contributed by atoms with E-state index >= 15 is 0 Å². The molecule has 2 heterocycles. The maximum Gasteiger partial charge on any atom is 0.335 e. The average molecular weight is 289 g/mol. The number of carbonyl (C=O) groups is 1. The highest BCUT2D eigenvalue weighted by Gasteiger charge is 2.18. The Morgan fingerprint density at radius 1 is 1.48 bits per heavy atom. The lowest BCUT2D eigenvalue weighted by molar-refractivity contribution is 0.0697. The van der Waals surface area contributed by atoms with Crippen molar-refractivity contribution in [1.82, 2.24) is 9.88 Å². The Kier molecular flexibility index (Phi) is 3.79. The van der Waals surface area contributed by atoms with Gasteiger partial charge in [-0.1, -0.05) is 0 Å². The second-order valence-electron chi connectivity index (χ2n) is 5.48. The molecule has 6 heteroatoms. The number of hydrogen-bond acceptors (Lipinski definition) is 5. The molecule has 112 valence electrons. The number of fused-ring (bicyclic) bond motifs is 1. The van der Waals surface area contributed by atoms with Gasteiger partial charge in [-0.15, -0.1) is 0 Å². The molecule has 1 aromatic heterocycles. The molecule has 21 heavy (non-hydrogen) atoms. The van der Waals surface area contributed by atoms with E-state index in [9.17, 15) is 4.79 Å². The summed E-state index contributed by atoms with van der Waals surface area (Å²) in [4.78, 5) is 17.7. The predicted molar refractivity (Wildman–Crippen MR) is 79.7 cm³/mol. The molecule has 0 amide bonds. The minimum atomic E-state index is -0.967. The number of rotatable bonds is 5. The maximum atomic E-state index is 10.9. The highest BCUT2D eigenvalue weighted by atomic mass is 16.4. The second kappa shape index (κ2) is 5.73. The van der Waals surface area contributed by atoms with Crippen molar-refractivity contribution in [2.75, 3.05) is 25.0 Å². The Balaban J connectivity index is 1.68. The Labute approximate surface area is 122 Å². The molecule has 2 aromatic rings. The number of hydrogen-bond donors (Lipinski definition) is 2. The number of benzene rings is 1. The first kappa shape index (κ1) is 13.9. The molecule has 6 nitrogen and oxygen atoms in total. The van der Waals surface area contributed by atoms with E-state index in [4.69, 9.17) is 9.52 Å². The van der Waals surface area contributed by atoms with Gasteiger partial charge >= 0.3 is 5.97 Å². The summed E-state index contributed by atoms with van der Waals surface area (Å²) < 4.78 is 5.57. The molecule has 0 spiro atoms. The lowest BCUT2D eigenvalue weighted by atomic mass is 10.2. The van der Waals surface area contributed by atoms with Crippen LogP contribution in [0.5, 0.6) is 0 Å². The number of oxazole rings is 1. The van der Waals surface area contributed by atoms with Crippen molar-refractivity contribution in [3.8, 4) is 0 Å². The van der Waals surface area contributed by atoms with Gasteiger partial charge in [0.05, 0.1) is 5.56 Å². The molecule has 1 aliphatic rings. The summed E-state index contributed by atoms with van der Waals surface area (Å²) in [5.41, 5.74) is 1.36. The van der Waals surface area contributed by atoms with E-state index in [0.717, 1.165) is 19.6 Å². The summed E-state index contributed by atoms with van der Waals surface area (Å²) in [6.07, 6.45) is 2.54. The Morgan fingerprint density at radius 3 is 2.95 bits per heavy atom. The molecule has 0 radical (unpaired) electrons. The molecule has 0 aliphatic carbocycles. The van der Waals surface area contributed by atoms with E-state index < -0.39 is 5.97 Å². The van der Waals surface area contributed by atoms with Crippen LogP contribution in [0.1, 0.15) is 30.1 Å². The Bertz CT molecular complexity index is 647. The van der Waals surface area contributed by atoms with Crippen LogP contribution in [0, 0.1) is 0 Å². The number of carboxylic acids is 1. The van der Waals surface area contributed by atoms with Crippen molar-refractivity contribution in [3.05, 3.63) is 23.8 Å². The van der Waals surface area contributed by atoms with Crippen molar-refractivity contribution in [3.63, 3.8) is 0 Å². The molecule has 1 unspecified atom stereocenters. The maximum absolute atomic E-state index is 10.9. The number of nitrogens with one attached hydrogen (secondary N) is 1. The van der Waals surface area contributed by atoms with Crippen LogP contribution in [0.15, 0.2) is 22.6 Å². The van der Waals surface area contributed by atoms with Gasteiger partial charge in [-0.3, -0.25) is 4.90 Å². The van der Waals surface area contributed by atoms with Gasteiger partial charge in [-0.05, 0) is 51.1 Å². The van der Waals surface area contributed by atoms with Crippen molar-refractivity contribution < 1.29 is 14.3 Å². The second-order valence-corrected chi connectivity index (χ2v) is 5.48. The van der Waals surface area contributed by atoms with Crippen molar-refractivity contribution in [2.24, 2.45) is 0 Å². The van der Waals surface area contributed by atoms with Crippen molar-refractivity contribution in [2.45, 2.75) is 25.8 Å². The molecule has 1 saturated heterocycles. The number of likely N-dealkylation sites (tertiary alicyclic amines) is 1. The first-order valence-electron chi connectivity index (χ1n) is 7.25. The van der Waals surface area contributed by atoms with Gasteiger partial charge in [-0.2, -0.15) is 4.98 Å². The summed E-state index contributed by atoms with van der Waals surface area (Å²) in [6, 6.07) is 5.57. The summed E-state index contributed by atoms with van der Waals surface area (Å²) >= 11 is 0. The lowest BCUT2D eigenvalue weighted by Crippen LogP contribution is -2.35. The fourth-order valence-corrected chi connectivity index (χ4v) is 2.68. The zero-order valence-electron chi connectivity index (χ0n) is 12.0. The van der Waals surface area contributed by atoms with E-state index in [0.29, 0.717) is 23.2 Å². The standard InChI is InChI=1S/C15H19N3O3/c1-10(18-6-2-3-7-18)9-16-15-17-12-5-4-11(14(19)20)8-13(12)21-15/h4-5,8,10H,2-3,6-7,9H2,1H3,(H,16,17)(H,19,20). The molecule has 2 N–H and O–H groups in total. The van der Waals surface area contributed by atoms with Crippen LogP contribution in [-0.4, -0.2) is 46.6 Å². The average Bonchev–Trinajstić information content (AvgIpc) is 3.12. The van der Waals surface area contributed by atoms with Crippen LogP contribution in [0.4, 0.5) is 6.01 Å². The van der Waals surface area contributed by atoms with Gasteiger partial charge in [0.25, 0.3) is 6.01 Å². The molecule has 0 saturated carbocycles. The van der Waals surface area contributed by atoms with Crippen molar-refractivity contribution >= 4 is 23.1 Å². The molecular formula is C15H19N3O3. The number of aromatic nitrogens is 1. The SMILES string of the molecule is CC(CNc1nc2ccc(C(=O)O)cc2o1)N1CCCC1. The van der Waals surface area contributed by atoms with Crippen LogP contribution < -0.4 is 5.32 Å². The van der Waals surface area contributed by atoms with Gasteiger partial charge in [0, 0.05) is 12.6 Å². The van der Waals surface area contributed by atoms with Gasteiger partial charge < -0.3 is 14.8 Å². The smallest absolute Gasteiger partial charge is 0.335 e. The highest BCUT2D eigenvalue weighted by Crippen LogP contribution is 2.20. The molecule has 1 fully saturated rings. The number of nitrogens with zero attached hydrogens (tertiary/aromatic N) is 2. The number of aromatic carboxylic acids is 1. The quantitative estimate of drug-likeness (QED) is 0.880. The van der Waals surface area contributed by atoms with Crippen LogP contribution in [0.25, 0.3) is 11.1 Å². The van der Waals surface area contributed by atoms with E-state index in [-0.39, 0.29) is 5.56 Å². The third-order valence-corrected chi connectivity index (χ3v) is 3.95. The van der Waals surface area contributed by atoms with E-state index in [1.165, 1.54) is 25.0 Å². The zero-order chi connectivity index (χ0) is 14.8. The number of carboxylic acid groups (broad SMARTS) is 1. The van der Waals surface area contributed by atoms with Crippen molar-refractivity contribution in [1.29, 1.82) is 0 Å². The first-order chi connectivity index (χ1) is 10.1. The predicted octanol–water partition coefficient (Wildman–Crippen LogP) is 2.42. The monoisotopic (exact) mass is 289 g/mol. The fourth-order valence-electron chi connectivity index (χ4n) is 2.68. The highest BCUT2D eigenvalue weighted by molar-refractivity contribution is 5.92. The van der Waals surface area contributed by atoms with Crippen LogP contribution >= 0.6 is 0 Å². The van der Waals surface area contributed by atoms with Gasteiger partial charge in [0.1, 0.15) is 5.52 Å². The minimum absolute atomic E-state index is 0.204. The van der Waals surface area contributed by atoms with E-state index in [2.05, 4.69) is 22.1 Å². The summed E-state index contributed by atoms with van der Waals surface area (Å²) in [5, 5.41) is 12.2. The van der Waals surface area contributed by atoms with Crippen LogP contribution in [0.2, 0.25) is 0 Å². The fraction of sp³-hybridized carbons (Fsp3) is 0.467. The molecule has 1 aromatic carbocycles. The Morgan fingerprint density at radius 2 is 2.24 bits per heavy atom. The first-order valence-corrected chi connectivity index (χ1v) is 7.25. The third kappa shape index (κ3) is 3.00. The Hall–Kier alpha value is -2.08. The number of anilines is 1. The van der Waals surface area contributed by atoms with Crippen LogP contribution in [0.3, 0.4) is 0 Å². The molecule has 1 atom stereocenters. The topological polar surface area (TPSA) is 78.6 Å². The summed E-state index contributed by atoms with van der Waals surface area (Å²) in [7, 11) is 0. The minimum Gasteiger partial charge on any atom is -0.478 e. The molecule has 0 bridgehead atoms. The summed E-state index contributed by atoms with van der Waals surface area (Å²) in [6.45, 7) is 5.25. The van der Waals surface area contributed by atoms with E-state index in [1.807, 2.05) is 0 Å². The normalized spacial score (nSPS) is 17.2. The van der Waals surface area contributed by atoms with Crippen LogP contribution in [-0.2, 0) is 0 Å². The van der Waals surface area contributed by atoms with E-state index in [1.54, 1.807) is 6.07 Å². The van der Waals surface area contributed by atoms with Gasteiger partial charge in [0.2, 0.25) is 0 Å². The molecular weight excluding hydrogens is 270 g/mol. The zero-order valence-corrected chi connectivity index (χ0v) is 12.0. The molecule has 1 aliphatic heterocycles. The van der Waals surface area contributed by atoms with Gasteiger partial charge in [0.15, 0.2) is 5.58 Å². The molecule has 3 rings (SSSR count).